The van der Waals surface area contributed by atoms with Crippen LogP contribution in [0.4, 0.5) is 9.52 Å². The van der Waals surface area contributed by atoms with Gasteiger partial charge in [-0.1, -0.05) is 0 Å². The molecule has 0 atom stereocenters. The van der Waals surface area contributed by atoms with E-state index < -0.39 is 0 Å². The summed E-state index contributed by atoms with van der Waals surface area (Å²) < 4.78 is 18.5. The summed E-state index contributed by atoms with van der Waals surface area (Å²) in [7, 11) is 0. The molecule has 24 heavy (non-hydrogen) atoms. The van der Waals surface area contributed by atoms with Gasteiger partial charge in [0.1, 0.15) is 5.82 Å². The van der Waals surface area contributed by atoms with Crippen molar-refractivity contribution >= 4 is 39.6 Å². The Morgan fingerprint density at radius 2 is 2.38 bits per heavy atom. The second-order valence-electron chi connectivity index (χ2n) is 4.90. The van der Waals surface area contributed by atoms with Crippen LogP contribution in [0.25, 0.3) is 10.9 Å². The SMILES string of the molecule is CCOC(=O)Cc1csc(NN=Cc2ccc(F)c3cc[nH]c23)n1. The summed E-state index contributed by atoms with van der Waals surface area (Å²) in [6.45, 7) is 2.11. The average Bonchev–Trinajstić information content (AvgIpc) is 3.20. The summed E-state index contributed by atoms with van der Waals surface area (Å²) in [5, 5.41) is 6.97. The van der Waals surface area contributed by atoms with Gasteiger partial charge in [0, 0.05) is 22.5 Å². The Morgan fingerprint density at radius 1 is 1.50 bits per heavy atom. The quantitative estimate of drug-likeness (QED) is 0.408. The molecule has 0 fully saturated rings. The normalized spacial score (nSPS) is 11.2. The van der Waals surface area contributed by atoms with Gasteiger partial charge >= 0.3 is 5.97 Å². The van der Waals surface area contributed by atoms with Crippen LogP contribution in [0.5, 0.6) is 0 Å². The van der Waals surface area contributed by atoms with Crippen molar-refractivity contribution < 1.29 is 13.9 Å². The van der Waals surface area contributed by atoms with Crippen molar-refractivity contribution in [1.29, 1.82) is 0 Å². The smallest absolute Gasteiger partial charge is 0.311 e. The molecule has 0 saturated heterocycles. The third kappa shape index (κ3) is 3.60. The fraction of sp³-hybridized carbons (Fsp3) is 0.188. The number of nitrogens with one attached hydrogen (secondary N) is 2. The van der Waals surface area contributed by atoms with E-state index >= 15 is 0 Å². The molecule has 1 aromatic carbocycles. The molecule has 3 aromatic rings. The first-order chi connectivity index (χ1) is 11.7. The van der Waals surface area contributed by atoms with E-state index in [9.17, 15) is 9.18 Å². The maximum atomic E-state index is 13.6. The van der Waals surface area contributed by atoms with E-state index in [2.05, 4.69) is 20.5 Å². The lowest BCUT2D eigenvalue weighted by Gasteiger charge is -1.99. The first-order valence-electron chi connectivity index (χ1n) is 7.32. The molecule has 3 rings (SSSR count). The number of fused-ring (bicyclic) bond motifs is 1. The summed E-state index contributed by atoms with van der Waals surface area (Å²) >= 11 is 1.34. The number of aromatic amines is 1. The Bertz CT molecular complexity index is 887. The number of hydrogen-bond donors (Lipinski definition) is 2. The molecule has 2 heterocycles. The van der Waals surface area contributed by atoms with Gasteiger partial charge < -0.3 is 9.72 Å². The number of rotatable bonds is 6. The van der Waals surface area contributed by atoms with Crippen LogP contribution in [0.1, 0.15) is 18.2 Å². The van der Waals surface area contributed by atoms with Crippen LogP contribution in [-0.4, -0.2) is 28.8 Å². The van der Waals surface area contributed by atoms with Crippen LogP contribution in [0.3, 0.4) is 0 Å². The van der Waals surface area contributed by atoms with E-state index in [4.69, 9.17) is 4.74 Å². The summed E-state index contributed by atoms with van der Waals surface area (Å²) in [6.07, 6.45) is 3.41. The van der Waals surface area contributed by atoms with Crippen molar-refractivity contribution in [3.63, 3.8) is 0 Å². The second-order valence-corrected chi connectivity index (χ2v) is 5.76. The highest BCUT2D eigenvalue weighted by atomic mass is 32.1. The number of ether oxygens (including phenoxy) is 1. The van der Waals surface area contributed by atoms with Crippen LogP contribution in [-0.2, 0) is 16.0 Å². The molecule has 0 radical (unpaired) electrons. The third-order valence-corrected chi connectivity index (χ3v) is 4.04. The minimum atomic E-state index is -0.307. The number of halogens is 1. The van der Waals surface area contributed by atoms with Crippen LogP contribution in [0.2, 0.25) is 0 Å². The highest BCUT2D eigenvalue weighted by molar-refractivity contribution is 7.13. The lowest BCUT2D eigenvalue weighted by atomic mass is 10.1. The molecule has 0 aliphatic rings. The molecule has 6 nitrogen and oxygen atoms in total. The Morgan fingerprint density at radius 3 is 3.21 bits per heavy atom. The summed E-state index contributed by atoms with van der Waals surface area (Å²) in [4.78, 5) is 18.7. The molecule has 0 unspecified atom stereocenters. The first kappa shape index (κ1) is 16.1. The van der Waals surface area contributed by atoms with Crippen LogP contribution >= 0.6 is 11.3 Å². The first-order valence-corrected chi connectivity index (χ1v) is 8.20. The zero-order valence-corrected chi connectivity index (χ0v) is 13.7. The monoisotopic (exact) mass is 346 g/mol. The topological polar surface area (TPSA) is 79.4 Å². The number of H-pyrrole nitrogens is 1. The van der Waals surface area contributed by atoms with E-state index in [0.717, 1.165) is 5.56 Å². The molecular weight excluding hydrogens is 331 g/mol. The summed E-state index contributed by atoms with van der Waals surface area (Å²) in [6, 6.07) is 4.73. The summed E-state index contributed by atoms with van der Waals surface area (Å²) in [5.74, 6) is -0.585. The lowest BCUT2D eigenvalue weighted by molar-refractivity contribution is -0.142. The van der Waals surface area contributed by atoms with Crippen LogP contribution in [0, 0.1) is 5.82 Å². The van der Waals surface area contributed by atoms with Crippen molar-refractivity contribution in [1.82, 2.24) is 9.97 Å². The number of carbonyl (C=O) groups is 1. The van der Waals surface area contributed by atoms with Crippen molar-refractivity contribution in [2.45, 2.75) is 13.3 Å². The number of anilines is 1. The van der Waals surface area contributed by atoms with Gasteiger partial charge in [-0.2, -0.15) is 5.10 Å². The van der Waals surface area contributed by atoms with Crippen molar-refractivity contribution in [3.05, 3.63) is 46.9 Å². The summed E-state index contributed by atoms with van der Waals surface area (Å²) in [5.41, 5.74) is 4.88. The maximum absolute atomic E-state index is 13.6. The molecule has 2 aromatic heterocycles. The molecule has 0 aliphatic carbocycles. The van der Waals surface area contributed by atoms with Crippen LogP contribution < -0.4 is 5.43 Å². The molecular formula is C16H15FN4O2S. The number of hydrogen-bond acceptors (Lipinski definition) is 6. The third-order valence-electron chi connectivity index (χ3n) is 3.25. The van der Waals surface area contributed by atoms with Gasteiger partial charge in [-0.05, 0) is 25.1 Å². The number of esters is 1. The van der Waals surface area contributed by atoms with E-state index in [1.807, 2.05) is 0 Å². The number of thiazole rings is 1. The highest BCUT2D eigenvalue weighted by Gasteiger charge is 2.08. The van der Waals surface area contributed by atoms with E-state index in [-0.39, 0.29) is 18.2 Å². The van der Waals surface area contributed by atoms with E-state index in [1.54, 1.807) is 36.8 Å². The fourth-order valence-electron chi connectivity index (χ4n) is 2.21. The average molecular weight is 346 g/mol. The molecule has 8 heteroatoms. The van der Waals surface area contributed by atoms with Crippen molar-refractivity contribution in [3.8, 4) is 0 Å². The predicted octanol–water partition coefficient (Wildman–Crippen LogP) is 3.32. The Kier molecular flexibility index (Phi) is 4.85. The Balaban J connectivity index is 1.66. The van der Waals surface area contributed by atoms with E-state index in [0.29, 0.717) is 28.3 Å². The number of nitrogens with zero attached hydrogens (tertiary/aromatic N) is 2. The van der Waals surface area contributed by atoms with Gasteiger partial charge in [-0.25, -0.2) is 9.37 Å². The Hall–Kier alpha value is -2.74. The molecule has 2 N–H and O–H groups in total. The van der Waals surface area contributed by atoms with Gasteiger partial charge in [0.2, 0.25) is 5.13 Å². The Labute approximate surface area is 141 Å². The van der Waals surface area contributed by atoms with Gasteiger partial charge in [-0.15, -0.1) is 11.3 Å². The molecule has 0 aliphatic heterocycles. The second kappa shape index (κ2) is 7.22. The largest absolute Gasteiger partial charge is 0.466 e. The molecule has 0 spiro atoms. The van der Waals surface area contributed by atoms with Gasteiger partial charge in [0.25, 0.3) is 0 Å². The zero-order chi connectivity index (χ0) is 16.9. The van der Waals surface area contributed by atoms with Crippen LogP contribution in [0.15, 0.2) is 34.9 Å². The van der Waals surface area contributed by atoms with Gasteiger partial charge in [0.05, 0.1) is 30.5 Å². The van der Waals surface area contributed by atoms with Crippen molar-refractivity contribution in [2.24, 2.45) is 5.10 Å². The van der Waals surface area contributed by atoms with Gasteiger partial charge in [-0.3, -0.25) is 10.2 Å². The predicted molar refractivity (Wildman–Crippen MR) is 91.9 cm³/mol. The maximum Gasteiger partial charge on any atom is 0.311 e. The number of carbonyl (C=O) groups excluding carboxylic acids is 1. The van der Waals surface area contributed by atoms with Crippen molar-refractivity contribution in [2.75, 3.05) is 12.0 Å². The minimum absolute atomic E-state index is 0.136. The minimum Gasteiger partial charge on any atom is -0.466 e. The molecule has 0 bridgehead atoms. The fourth-order valence-corrected chi connectivity index (χ4v) is 2.87. The molecule has 0 amide bonds. The van der Waals surface area contributed by atoms with E-state index in [1.165, 1.54) is 17.4 Å². The highest BCUT2D eigenvalue weighted by Crippen LogP contribution is 2.20. The molecule has 0 saturated carbocycles. The standard InChI is InChI=1S/C16H15FN4O2S/c1-2-23-14(22)7-11-9-24-16(20-11)21-19-8-10-3-4-13(17)12-5-6-18-15(10)12/h3-6,8-9,18H,2,7H2,1H3,(H,20,21). The zero-order valence-electron chi connectivity index (χ0n) is 12.9. The molecule has 124 valence electrons. The number of hydrazone groups is 1. The number of benzene rings is 1. The lowest BCUT2D eigenvalue weighted by Crippen LogP contribution is -2.07. The number of aromatic nitrogens is 2. The van der Waals surface area contributed by atoms with Gasteiger partial charge in [0.15, 0.2) is 0 Å².